The normalized spacial score (nSPS) is 14.0. The first-order chi connectivity index (χ1) is 17.2. The van der Waals surface area contributed by atoms with Crippen molar-refractivity contribution in [1.29, 1.82) is 5.26 Å². The van der Waals surface area contributed by atoms with E-state index >= 15 is 0 Å². The smallest absolute Gasteiger partial charge is 0.204 e. The van der Waals surface area contributed by atoms with Crippen molar-refractivity contribution in [3.63, 3.8) is 0 Å². The number of nitrogens with zero attached hydrogens (tertiary/aromatic N) is 7. The number of pyridine rings is 1. The van der Waals surface area contributed by atoms with Crippen LogP contribution in [0.4, 0.5) is 5.82 Å². The van der Waals surface area contributed by atoms with E-state index in [9.17, 15) is 5.26 Å². The molecule has 0 unspecified atom stereocenters. The quantitative estimate of drug-likeness (QED) is 0.382. The number of hydrogen-bond acceptors (Lipinski definition) is 7. The van der Waals surface area contributed by atoms with Gasteiger partial charge in [0, 0.05) is 43.6 Å². The minimum absolute atomic E-state index is 0.592. The highest BCUT2D eigenvalue weighted by atomic mass is 32.1. The van der Waals surface area contributed by atoms with Crippen molar-refractivity contribution in [3.05, 3.63) is 83.3 Å². The molecule has 0 N–H and O–H groups in total. The predicted octanol–water partition coefficient (Wildman–Crippen LogP) is 4.13. The van der Waals surface area contributed by atoms with E-state index in [0.717, 1.165) is 54.8 Å². The molecule has 3 heterocycles. The fraction of sp³-hybridized carbons (Fsp3) is 0.231. The third-order valence-corrected chi connectivity index (χ3v) is 6.48. The SMILES string of the molecule is COc1cccc(-c2nn(CN3CCN(c4cc(C#N)ccn4)CC3)c(=S)n2-c2ccccc2)c1. The number of para-hydroxylation sites is 1. The third kappa shape index (κ3) is 4.80. The van der Waals surface area contributed by atoms with Crippen molar-refractivity contribution in [1.82, 2.24) is 24.2 Å². The first kappa shape index (κ1) is 22.8. The van der Waals surface area contributed by atoms with Crippen LogP contribution in [0.2, 0.25) is 0 Å². The van der Waals surface area contributed by atoms with E-state index < -0.39 is 0 Å². The van der Waals surface area contributed by atoms with E-state index in [1.54, 1.807) is 19.4 Å². The fourth-order valence-corrected chi connectivity index (χ4v) is 4.52. The van der Waals surface area contributed by atoms with E-state index in [0.29, 0.717) is 17.0 Å². The molecular weight excluding hydrogens is 458 g/mol. The molecule has 0 spiro atoms. The van der Waals surface area contributed by atoms with Gasteiger partial charge in [0.1, 0.15) is 11.6 Å². The summed E-state index contributed by atoms with van der Waals surface area (Å²) in [4.78, 5) is 8.98. The van der Waals surface area contributed by atoms with Crippen molar-refractivity contribution >= 4 is 18.0 Å². The predicted molar refractivity (Wildman–Crippen MR) is 137 cm³/mol. The Bertz CT molecular complexity index is 1420. The van der Waals surface area contributed by atoms with Crippen LogP contribution in [0, 0.1) is 16.1 Å². The zero-order chi connectivity index (χ0) is 24.2. The molecule has 1 aliphatic heterocycles. The number of rotatable bonds is 6. The molecule has 0 aliphatic carbocycles. The highest BCUT2D eigenvalue weighted by molar-refractivity contribution is 7.71. The maximum atomic E-state index is 9.18. The van der Waals surface area contributed by atoms with Crippen LogP contribution in [-0.2, 0) is 6.67 Å². The topological polar surface area (TPSA) is 75.1 Å². The summed E-state index contributed by atoms with van der Waals surface area (Å²) in [7, 11) is 1.66. The molecular formula is C26H25N7OS. The number of piperazine rings is 1. The summed E-state index contributed by atoms with van der Waals surface area (Å²) in [5, 5.41) is 14.1. The van der Waals surface area contributed by atoms with Gasteiger partial charge >= 0.3 is 0 Å². The number of nitriles is 1. The van der Waals surface area contributed by atoms with Crippen LogP contribution in [0.1, 0.15) is 5.56 Å². The van der Waals surface area contributed by atoms with Gasteiger partial charge in [0.15, 0.2) is 5.82 Å². The summed E-state index contributed by atoms with van der Waals surface area (Å²) in [6.07, 6.45) is 1.69. The molecule has 2 aromatic heterocycles. The van der Waals surface area contributed by atoms with E-state index in [2.05, 4.69) is 20.9 Å². The fourth-order valence-electron chi connectivity index (χ4n) is 4.23. The standard InChI is InChI=1S/C26H25N7OS/c1-34-23-9-5-6-21(17-23)25-29-32(26(35)33(25)22-7-3-2-4-8-22)19-30-12-14-31(15-13-30)24-16-20(18-27)10-11-28-24/h2-11,16-17H,12-15,19H2,1H3. The van der Waals surface area contributed by atoms with Gasteiger partial charge in [0.05, 0.1) is 25.4 Å². The minimum atomic E-state index is 0.592. The highest BCUT2D eigenvalue weighted by Crippen LogP contribution is 2.26. The summed E-state index contributed by atoms with van der Waals surface area (Å²) >= 11 is 5.91. The average Bonchev–Trinajstić information content (AvgIpc) is 3.25. The molecule has 0 atom stereocenters. The number of hydrogen-bond donors (Lipinski definition) is 0. The lowest BCUT2D eigenvalue weighted by molar-refractivity contribution is 0.194. The molecule has 1 aliphatic rings. The Hall–Kier alpha value is -4.00. The van der Waals surface area contributed by atoms with Gasteiger partial charge in [0.25, 0.3) is 0 Å². The van der Waals surface area contributed by atoms with Crippen molar-refractivity contribution < 1.29 is 4.74 Å². The van der Waals surface area contributed by atoms with Crippen LogP contribution < -0.4 is 9.64 Å². The summed E-state index contributed by atoms with van der Waals surface area (Å²) in [5.74, 6) is 2.39. The van der Waals surface area contributed by atoms with Crippen molar-refractivity contribution in [2.75, 3.05) is 38.2 Å². The van der Waals surface area contributed by atoms with E-state index in [1.807, 2.05) is 69.9 Å². The number of benzene rings is 2. The van der Waals surface area contributed by atoms with E-state index in [-0.39, 0.29) is 0 Å². The third-order valence-electron chi connectivity index (χ3n) is 6.09. The summed E-state index contributed by atoms with van der Waals surface area (Å²) in [6, 6.07) is 23.7. The molecule has 0 amide bonds. The van der Waals surface area contributed by atoms with Gasteiger partial charge < -0.3 is 9.64 Å². The molecule has 2 aromatic carbocycles. The Morgan fingerprint density at radius 2 is 1.80 bits per heavy atom. The molecule has 176 valence electrons. The second-order valence-electron chi connectivity index (χ2n) is 8.27. The largest absolute Gasteiger partial charge is 0.497 e. The molecule has 35 heavy (non-hydrogen) atoms. The van der Waals surface area contributed by atoms with Gasteiger partial charge in [-0.25, -0.2) is 9.67 Å². The molecule has 1 saturated heterocycles. The van der Waals surface area contributed by atoms with Crippen LogP contribution in [0.3, 0.4) is 0 Å². The molecule has 0 saturated carbocycles. The highest BCUT2D eigenvalue weighted by Gasteiger charge is 2.21. The summed E-state index contributed by atoms with van der Waals surface area (Å²) in [5.41, 5.74) is 2.53. The second-order valence-corrected chi connectivity index (χ2v) is 8.63. The molecule has 9 heteroatoms. The number of ether oxygens (including phenoxy) is 1. The average molecular weight is 484 g/mol. The molecule has 5 rings (SSSR count). The first-order valence-electron chi connectivity index (χ1n) is 11.4. The summed E-state index contributed by atoms with van der Waals surface area (Å²) < 4.78 is 9.98. The van der Waals surface area contributed by atoms with E-state index in [1.165, 1.54) is 0 Å². The molecule has 8 nitrogen and oxygen atoms in total. The molecule has 0 radical (unpaired) electrons. The van der Waals surface area contributed by atoms with Gasteiger partial charge in [0.2, 0.25) is 4.77 Å². The molecule has 1 fully saturated rings. The Morgan fingerprint density at radius 1 is 1.00 bits per heavy atom. The van der Waals surface area contributed by atoms with Gasteiger partial charge in [-0.3, -0.25) is 9.47 Å². The van der Waals surface area contributed by atoms with E-state index in [4.69, 9.17) is 22.1 Å². The molecule has 4 aromatic rings. The Morgan fingerprint density at radius 3 is 2.54 bits per heavy atom. The maximum absolute atomic E-state index is 9.18. The zero-order valence-electron chi connectivity index (χ0n) is 19.4. The van der Waals surface area contributed by atoms with Gasteiger partial charge in [-0.15, -0.1) is 5.10 Å². The second kappa shape index (κ2) is 10.1. The van der Waals surface area contributed by atoms with Crippen molar-refractivity contribution in [2.45, 2.75) is 6.67 Å². The Labute approximate surface area is 209 Å². The van der Waals surface area contributed by atoms with Gasteiger partial charge in [-0.2, -0.15) is 5.26 Å². The van der Waals surface area contributed by atoms with Crippen LogP contribution >= 0.6 is 12.2 Å². The van der Waals surface area contributed by atoms with Gasteiger partial charge in [-0.1, -0.05) is 30.3 Å². The zero-order valence-corrected chi connectivity index (χ0v) is 20.2. The lowest BCUT2D eigenvalue weighted by Gasteiger charge is -2.35. The van der Waals surface area contributed by atoms with Crippen LogP contribution in [0.15, 0.2) is 72.9 Å². The van der Waals surface area contributed by atoms with Crippen molar-refractivity contribution in [2.24, 2.45) is 0 Å². The summed E-state index contributed by atoms with van der Waals surface area (Å²) in [6.45, 7) is 3.91. The Balaban J connectivity index is 1.40. The van der Waals surface area contributed by atoms with Crippen LogP contribution in [0.25, 0.3) is 17.1 Å². The molecule has 0 bridgehead atoms. The monoisotopic (exact) mass is 483 g/mol. The Kier molecular flexibility index (Phi) is 6.57. The van der Waals surface area contributed by atoms with Crippen LogP contribution in [0.5, 0.6) is 5.75 Å². The number of anilines is 1. The van der Waals surface area contributed by atoms with Crippen LogP contribution in [-0.4, -0.2) is 57.5 Å². The maximum Gasteiger partial charge on any atom is 0.204 e. The van der Waals surface area contributed by atoms with Gasteiger partial charge in [-0.05, 0) is 48.6 Å². The first-order valence-corrected chi connectivity index (χ1v) is 11.8. The minimum Gasteiger partial charge on any atom is -0.497 e. The van der Waals surface area contributed by atoms with Crippen molar-refractivity contribution in [3.8, 4) is 28.9 Å². The number of aromatic nitrogens is 4. The number of methoxy groups -OCH3 is 1. The lowest BCUT2D eigenvalue weighted by Crippen LogP contribution is -2.47. The lowest BCUT2D eigenvalue weighted by atomic mass is 10.2.